The number of methoxy groups -OCH3 is 1. The number of halogens is 3. The first kappa shape index (κ1) is 34.2. The van der Waals surface area contributed by atoms with Crippen LogP contribution in [0.1, 0.15) is 62.4 Å². The van der Waals surface area contributed by atoms with Gasteiger partial charge in [-0.05, 0) is 72.4 Å². The largest absolute Gasteiger partial charge is 0.465 e. The van der Waals surface area contributed by atoms with E-state index in [0.717, 1.165) is 38.4 Å². The van der Waals surface area contributed by atoms with E-state index in [0.29, 0.717) is 11.9 Å². The van der Waals surface area contributed by atoms with Crippen LogP contribution in [0.4, 0.5) is 23.9 Å². The Labute approximate surface area is 259 Å². The fraction of sp³-hybridized carbons (Fsp3) is 0.533. The molecular weight excluding hydrogens is 612 g/mol. The molecule has 0 aliphatic heterocycles. The highest BCUT2D eigenvalue weighted by atomic mass is 31.2. The molecule has 1 amide bonds. The topological polar surface area (TPSA) is 147 Å². The molecule has 0 radical (unpaired) electrons. The molecule has 1 aliphatic carbocycles. The van der Waals surface area contributed by atoms with Crippen LogP contribution in [0.2, 0.25) is 0 Å². The number of fused-ring (bicyclic) bond motifs is 1. The van der Waals surface area contributed by atoms with Crippen LogP contribution in [-0.4, -0.2) is 78.2 Å². The molecule has 1 aliphatic rings. The normalized spacial score (nSPS) is 17.1. The molecular formula is C30H40F3N6O5P. The van der Waals surface area contributed by atoms with Gasteiger partial charge >= 0.3 is 18.2 Å². The zero-order valence-corrected chi connectivity index (χ0v) is 27.1. The molecule has 0 saturated heterocycles. The van der Waals surface area contributed by atoms with Crippen LogP contribution in [0, 0.1) is 0 Å². The zero-order chi connectivity index (χ0) is 33.2. The van der Waals surface area contributed by atoms with E-state index >= 15 is 0 Å². The van der Waals surface area contributed by atoms with Crippen LogP contribution in [-0.2, 0) is 20.2 Å². The Kier molecular flexibility index (Phi) is 10.2. The third-order valence-electron chi connectivity index (χ3n) is 7.30. The average molecular weight is 653 g/mol. The molecule has 0 bridgehead atoms. The number of rotatable bonds is 11. The predicted octanol–water partition coefficient (Wildman–Crippen LogP) is 5.52. The summed E-state index contributed by atoms with van der Waals surface area (Å²) in [6, 6.07) is 3.12. The van der Waals surface area contributed by atoms with Crippen molar-refractivity contribution in [2.45, 2.75) is 70.3 Å². The van der Waals surface area contributed by atoms with E-state index < -0.39 is 36.5 Å². The molecule has 1 aromatic carbocycles. The molecule has 2 aromatic heterocycles. The fourth-order valence-electron chi connectivity index (χ4n) is 5.22. The summed E-state index contributed by atoms with van der Waals surface area (Å²) in [6.07, 6.45) is 0.0915. The van der Waals surface area contributed by atoms with E-state index in [1.54, 1.807) is 20.8 Å². The number of hydrogen-bond acceptors (Lipinski definition) is 9. The van der Waals surface area contributed by atoms with Gasteiger partial charge in [0.2, 0.25) is 5.95 Å². The number of hydrogen-bond donors (Lipinski definition) is 4. The maximum absolute atomic E-state index is 14.1. The van der Waals surface area contributed by atoms with Crippen LogP contribution in [0.15, 0.2) is 24.5 Å². The minimum Gasteiger partial charge on any atom is -0.465 e. The Balaban J connectivity index is 1.42. The first-order chi connectivity index (χ1) is 21.0. The summed E-state index contributed by atoms with van der Waals surface area (Å²) in [6.45, 7) is 9.65. The molecule has 15 heteroatoms. The summed E-state index contributed by atoms with van der Waals surface area (Å²) in [5.41, 5.74) is -1.38. The van der Waals surface area contributed by atoms with Gasteiger partial charge in [0.05, 0.1) is 23.9 Å². The van der Waals surface area contributed by atoms with E-state index in [2.05, 4.69) is 30.9 Å². The highest BCUT2D eigenvalue weighted by molar-refractivity contribution is 7.70. The number of esters is 1. The molecule has 0 unspecified atom stereocenters. The third-order valence-corrected chi connectivity index (χ3v) is 8.84. The molecule has 4 N–H and O–H groups in total. The molecule has 3 aromatic rings. The molecule has 4 rings (SSSR count). The Bertz CT molecular complexity index is 1590. The van der Waals surface area contributed by atoms with Crippen molar-refractivity contribution in [3.05, 3.63) is 35.7 Å². The summed E-state index contributed by atoms with van der Waals surface area (Å²) in [7, 11) is -1.87. The number of amides is 1. The van der Waals surface area contributed by atoms with Crippen molar-refractivity contribution in [3.8, 4) is 11.3 Å². The van der Waals surface area contributed by atoms with Gasteiger partial charge in [0.1, 0.15) is 18.3 Å². The zero-order valence-electron chi connectivity index (χ0n) is 26.2. The molecule has 2 heterocycles. The smallest absolute Gasteiger partial charge is 0.419 e. The number of carbonyl (C=O) groups excluding carboxylic acids is 2. The molecule has 0 spiro atoms. The Morgan fingerprint density at radius 2 is 1.78 bits per heavy atom. The summed E-state index contributed by atoms with van der Waals surface area (Å²) in [5, 5.41) is 9.85. The molecule has 11 nitrogen and oxygen atoms in total. The van der Waals surface area contributed by atoms with E-state index in [9.17, 15) is 27.3 Å². The van der Waals surface area contributed by atoms with Crippen molar-refractivity contribution >= 4 is 41.4 Å². The van der Waals surface area contributed by atoms with Gasteiger partial charge in [0.15, 0.2) is 0 Å². The second-order valence-electron chi connectivity index (χ2n) is 12.5. The minimum atomic E-state index is -4.73. The lowest BCUT2D eigenvalue weighted by molar-refractivity contribution is -0.137. The minimum absolute atomic E-state index is 0.0239. The first-order valence-electron chi connectivity index (χ1n) is 14.7. The van der Waals surface area contributed by atoms with Crippen molar-refractivity contribution in [1.29, 1.82) is 0 Å². The fourth-order valence-corrected chi connectivity index (χ4v) is 6.69. The monoisotopic (exact) mass is 652 g/mol. The molecule has 1 saturated carbocycles. The molecule has 246 valence electrons. The first-order valence-corrected chi connectivity index (χ1v) is 17.3. The van der Waals surface area contributed by atoms with Crippen molar-refractivity contribution in [1.82, 2.24) is 25.6 Å². The van der Waals surface area contributed by atoms with Gasteiger partial charge in [0.25, 0.3) is 0 Å². The number of aromatic nitrogens is 3. The summed E-state index contributed by atoms with van der Waals surface area (Å²) in [4.78, 5) is 35.3. The number of aromatic amines is 1. The third kappa shape index (κ3) is 8.55. The van der Waals surface area contributed by atoms with Crippen LogP contribution in [0.5, 0.6) is 0 Å². The van der Waals surface area contributed by atoms with Gasteiger partial charge in [-0.25, -0.2) is 19.6 Å². The predicted molar refractivity (Wildman–Crippen MR) is 167 cm³/mol. The Morgan fingerprint density at radius 3 is 2.40 bits per heavy atom. The lowest BCUT2D eigenvalue weighted by atomic mass is 9.87. The lowest BCUT2D eigenvalue weighted by Crippen LogP contribution is -2.48. The number of ether oxygens (including phenoxy) is 2. The quantitative estimate of drug-likeness (QED) is 0.120. The molecule has 0 atom stereocenters. The van der Waals surface area contributed by atoms with Crippen LogP contribution >= 0.6 is 7.14 Å². The number of carbonyl (C=O) groups is 2. The molecule has 1 fully saturated rings. The molecule has 45 heavy (non-hydrogen) atoms. The van der Waals surface area contributed by atoms with Crippen molar-refractivity contribution in [2.75, 3.05) is 38.8 Å². The number of unbranched alkanes of at least 4 members (excludes halogenated alkanes) is 1. The number of alkyl halides is 3. The van der Waals surface area contributed by atoms with Gasteiger partial charge < -0.3 is 35.0 Å². The average Bonchev–Trinajstić information content (AvgIpc) is 3.34. The van der Waals surface area contributed by atoms with Crippen LogP contribution in [0.3, 0.4) is 0 Å². The van der Waals surface area contributed by atoms with Crippen molar-refractivity contribution in [2.24, 2.45) is 0 Å². The maximum Gasteiger partial charge on any atom is 0.419 e. The van der Waals surface area contributed by atoms with E-state index in [-0.39, 0.29) is 45.7 Å². The van der Waals surface area contributed by atoms with E-state index in [1.165, 1.54) is 38.8 Å². The number of nitrogens with zero attached hydrogens (tertiary/aromatic N) is 2. The standard InChI is InChI=1S/C30H40F3N6O5P/c1-29(2,3)44-28(41)35-12-8-7-11-34-17-13-18(14-17)38-27-37-16-22(30(31,32)33)23(39-27)21-15-36-24-19(21)9-10-20(26(40)43-4)25(24)45(5,6)42/h9-10,15-18,34,36H,7-8,11-14H2,1-6H3,(H,35,41)(H,37,38,39). The van der Waals surface area contributed by atoms with Crippen LogP contribution < -0.4 is 21.3 Å². The second-order valence-corrected chi connectivity index (χ2v) is 15.6. The number of alkyl carbamates (subject to hydrolysis) is 1. The van der Waals surface area contributed by atoms with Gasteiger partial charge in [-0.2, -0.15) is 13.2 Å². The number of nitrogens with one attached hydrogen (secondary N) is 4. The highest BCUT2D eigenvalue weighted by Gasteiger charge is 2.37. The van der Waals surface area contributed by atoms with Gasteiger partial charge in [0, 0.05) is 47.3 Å². The van der Waals surface area contributed by atoms with Crippen LogP contribution in [0.25, 0.3) is 22.2 Å². The number of anilines is 1. The number of H-pyrrole nitrogens is 1. The van der Waals surface area contributed by atoms with E-state index in [1.807, 2.05) is 0 Å². The van der Waals surface area contributed by atoms with Gasteiger partial charge in [-0.1, -0.05) is 6.07 Å². The summed E-state index contributed by atoms with van der Waals surface area (Å²) < 4.78 is 65.5. The lowest BCUT2D eigenvalue weighted by Gasteiger charge is -2.36. The van der Waals surface area contributed by atoms with Crippen molar-refractivity contribution < 1.29 is 36.8 Å². The summed E-state index contributed by atoms with van der Waals surface area (Å²) >= 11 is 0. The maximum atomic E-state index is 14.1. The van der Waals surface area contributed by atoms with Gasteiger partial charge in [-0.15, -0.1) is 0 Å². The van der Waals surface area contributed by atoms with E-state index in [4.69, 9.17) is 9.47 Å². The number of benzene rings is 1. The highest BCUT2D eigenvalue weighted by Crippen LogP contribution is 2.43. The van der Waals surface area contributed by atoms with Crippen molar-refractivity contribution in [3.63, 3.8) is 0 Å². The Hall–Kier alpha value is -3.64. The summed E-state index contributed by atoms with van der Waals surface area (Å²) in [5.74, 6) is -0.632. The SMILES string of the molecule is COC(=O)c1ccc2c(-c3nc(NC4CC(NCCCCNC(=O)OC(C)(C)C)C4)ncc3C(F)(F)F)c[nH]c2c1P(C)(C)=O. The van der Waals surface area contributed by atoms with Gasteiger partial charge in [-0.3, -0.25) is 0 Å². The second kappa shape index (κ2) is 13.4. The Morgan fingerprint density at radius 1 is 1.09 bits per heavy atom.